The lowest BCUT2D eigenvalue weighted by Gasteiger charge is -2.41. The lowest BCUT2D eigenvalue weighted by Crippen LogP contribution is -2.54. The Morgan fingerprint density at radius 2 is 2.00 bits per heavy atom. The predicted molar refractivity (Wildman–Crippen MR) is 68.4 cm³/mol. The summed E-state index contributed by atoms with van der Waals surface area (Å²) in [5.41, 5.74) is -0.415. The quantitative estimate of drug-likeness (QED) is 0.798. The summed E-state index contributed by atoms with van der Waals surface area (Å²) in [6, 6.07) is 0. The van der Waals surface area contributed by atoms with Crippen LogP contribution in [0.4, 0.5) is 4.79 Å². The van der Waals surface area contributed by atoms with Gasteiger partial charge in [-0.2, -0.15) is 0 Å². The van der Waals surface area contributed by atoms with Crippen LogP contribution in [0, 0.1) is 5.92 Å². The molecular formula is C13H24N2O3. The van der Waals surface area contributed by atoms with Crippen molar-refractivity contribution in [2.75, 3.05) is 32.7 Å². The monoisotopic (exact) mass is 256 g/mol. The maximum Gasteiger partial charge on any atom is 0.410 e. The number of carbonyl (C=O) groups excluding carboxylic acids is 1. The van der Waals surface area contributed by atoms with Gasteiger partial charge in [0.15, 0.2) is 0 Å². The van der Waals surface area contributed by atoms with E-state index in [1.807, 2.05) is 20.8 Å². The normalized spacial score (nSPS) is 26.2. The molecule has 2 rings (SSSR count). The van der Waals surface area contributed by atoms with Crippen LogP contribution in [0.25, 0.3) is 0 Å². The number of nitrogens with zero attached hydrogens (tertiary/aromatic N) is 2. The molecule has 0 aromatic carbocycles. The molecule has 18 heavy (non-hydrogen) atoms. The third-order valence-electron chi connectivity index (χ3n) is 3.37. The van der Waals surface area contributed by atoms with Gasteiger partial charge >= 0.3 is 6.09 Å². The highest BCUT2D eigenvalue weighted by Gasteiger charge is 2.35. The van der Waals surface area contributed by atoms with Gasteiger partial charge < -0.3 is 19.6 Å². The lowest BCUT2D eigenvalue weighted by atomic mass is 10.0. The van der Waals surface area contributed by atoms with Crippen molar-refractivity contribution in [3.05, 3.63) is 0 Å². The fourth-order valence-corrected chi connectivity index (χ4v) is 2.50. The number of aliphatic hydroxyl groups is 1. The molecule has 2 aliphatic heterocycles. The molecule has 2 fully saturated rings. The Morgan fingerprint density at radius 3 is 2.50 bits per heavy atom. The number of hydrogen-bond donors (Lipinski definition) is 1. The first-order chi connectivity index (χ1) is 8.33. The van der Waals surface area contributed by atoms with Gasteiger partial charge in [-0.05, 0) is 27.2 Å². The SMILES string of the molecule is CC(C)(C)OC(=O)N1CC(CN2CCC(O)C2)C1. The van der Waals surface area contributed by atoms with Crippen LogP contribution in [-0.2, 0) is 4.74 Å². The molecule has 0 bridgehead atoms. The standard InChI is InChI=1S/C13H24N2O3/c1-13(2,3)18-12(17)15-7-10(8-15)6-14-5-4-11(16)9-14/h10-11,16H,4-9H2,1-3H3. The summed E-state index contributed by atoms with van der Waals surface area (Å²) in [7, 11) is 0. The zero-order chi connectivity index (χ0) is 13.3. The van der Waals surface area contributed by atoms with Gasteiger partial charge in [-0.1, -0.05) is 0 Å². The van der Waals surface area contributed by atoms with E-state index in [2.05, 4.69) is 4.90 Å². The van der Waals surface area contributed by atoms with E-state index < -0.39 is 5.60 Å². The largest absolute Gasteiger partial charge is 0.444 e. The Balaban J connectivity index is 1.66. The van der Waals surface area contributed by atoms with E-state index in [1.165, 1.54) is 0 Å². The Kier molecular flexibility index (Phi) is 3.82. The second-order valence-corrected chi connectivity index (χ2v) is 6.45. The molecule has 0 radical (unpaired) electrons. The fourth-order valence-electron chi connectivity index (χ4n) is 2.50. The van der Waals surface area contributed by atoms with Crippen molar-refractivity contribution in [2.45, 2.75) is 38.9 Å². The molecule has 1 unspecified atom stereocenters. The first kappa shape index (κ1) is 13.6. The fraction of sp³-hybridized carbons (Fsp3) is 0.923. The molecule has 2 heterocycles. The van der Waals surface area contributed by atoms with E-state index in [1.54, 1.807) is 4.90 Å². The van der Waals surface area contributed by atoms with Gasteiger partial charge in [0.1, 0.15) is 5.60 Å². The van der Waals surface area contributed by atoms with Crippen LogP contribution in [0.2, 0.25) is 0 Å². The number of hydrogen-bond acceptors (Lipinski definition) is 4. The van der Waals surface area contributed by atoms with Gasteiger partial charge in [-0.15, -0.1) is 0 Å². The number of likely N-dealkylation sites (tertiary alicyclic amines) is 2. The van der Waals surface area contributed by atoms with Crippen LogP contribution >= 0.6 is 0 Å². The van der Waals surface area contributed by atoms with Crippen molar-refractivity contribution in [1.29, 1.82) is 0 Å². The molecule has 104 valence electrons. The van der Waals surface area contributed by atoms with Crippen molar-refractivity contribution in [1.82, 2.24) is 9.80 Å². The minimum atomic E-state index is -0.415. The van der Waals surface area contributed by atoms with Crippen LogP contribution in [0.3, 0.4) is 0 Å². The van der Waals surface area contributed by atoms with Crippen LogP contribution in [0.15, 0.2) is 0 Å². The van der Waals surface area contributed by atoms with E-state index in [-0.39, 0.29) is 12.2 Å². The topological polar surface area (TPSA) is 53.0 Å². The molecule has 2 saturated heterocycles. The number of carbonyl (C=O) groups is 1. The Morgan fingerprint density at radius 1 is 1.33 bits per heavy atom. The highest BCUT2D eigenvalue weighted by Crippen LogP contribution is 2.22. The summed E-state index contributed by atoms with van der Waals surface area (Å²) in [5.74, 6) is 0.530. The predicted octanol–water partition coefficient (Wildman–Crippen LogP) is 0.920. The zero-order valence-electron chi connectivity index (χ0n) is 11.6. The van der Waals surface area contributed by atoms with Gasteiger partial charge in [0.25, 0.3) is 0 Å². The van der Waals surface area contributed by atoms with E-state index >= 15 is 0 Å². The minimum absolute atomic E-state index is 0.160. The summed E-state index contributed by atoms with van der Waals surface area (Å²) in [6.45, 7) is 9.95. The van der Waals surface area contributed by atoms with Crippen molar-refractivity contribution >= 4 is 6.09 Å². The van der Waals surface area contributed by atoms with Gasteiger partial charge in [0.05, 0.1) is 6.10 Å². The average molecular weight is 256 g/mol. The number of ether oxygens (including phenoxy) is 1. The molecule has 1 amide bonds. The molecule has 0 aromatic rings. The molecule has 5 heteroatoms. The van der Waals surface area contributed by atoms with Crippen LogP contribution < -0.4 is 0 Å². The van der Waals surface area contributed by atoms with Crippen molar-refractivity contribution < 1.29 is 14.6 Å². The molecule has 0 aromatic heterocycles. The minimum Gasteiger partial charge on any atom is -0.444 e. The van der Waals surface area contributed by atoms with Crippen LogP contribution in [0.5, 0.6) is 0 Å². The van der Waals surface area contributed by atoms with Crippen molar-refractivity contribution in [3.63, 3.8) is 0 Å². The van der Waals surface area contributed by atoms with Gasteiger partial charge in [-0.25, -0.2) is 4.79 Å². The first-order valence-electron chi connectivity index (χ1n) is 6.72. The summed E-state index contributed by atoms with van der Waals surface area (Å²) in [4.78, 5) is 15.8. The average Bonchev–Trinajstić information content (AvgIpc) is 2.53. The third kappa shape index (κ3) is 3.59. The van der Waals surface area contributed by atoms with E-state index in [0.29, 0.717) is 5.92 Å². The van der Waals surface area contributed by atoms with Gasteiger partial charge in [0, 0.05) is 38.6 Å². The van der Waals surface area contributed by atoms with Crippen molar-refractivity contribution in [3.8, 4) is 0 Å². The highest BCUT2D eigenvalue weighted by atomic mass is 16.6. The molecule has 0 saturated carbocycles. The number of rotatable bonds is 2. The highest BCUT2D eigenvalue weighted by molar-refractivity contribution is 5.69. The van der Waals surface area contributed by atoms with Crippen molar-refractivity contribution in [2.24, 2.45) is 5.92 Å². The van der Waals surface area contributed by atoms with E-state index in [0.717, 1.165) is 39.1 Å². The molecule has 0 spiro atoms. The molecule has 1 N–H and O–H groups in total. The van der Waals surface area contributed by atoms with E-state index in [4.69, 9.17) is 4.74 Å². The smallest absolute Gasteiger partial charge is 0.410 e. The zero-order valence-corrected chi connectivity index (χ0v) is 11.6. The molecule has 0 aliphatic carbocycles. The Hall–Kier alpha value is -0.810. The number of β-amino-alcohol motifs (C(OH)–C–C–N with tert-alkyl or cyclic N) is 1. The maximum atomic E-state index is 11.7. The second kappa shape index (κ2) is 5.05. The maximum absolute atomic E-state index is 11.7. The number of amides is 1. The molecule has 5 nitrogen and oxygen atoms in total. The van der Waals surface area contributed by atoms with Gasteiger partial charge in [-0.3, -0.25) is 0 Å². The van der Waals surface area contributed by atoms with Gasteiger partial charge in [0.2, 0.25) is 0 Å². The lowest BCUT2D eigenvalue weighted by molar-refractivity contribution is -0.00579. The summed E-state index contributed by atoms with van der Waals surface area (Å²) in [5, 5.41) is 9.44. The Bertz CT molecular complexity index is 308. The Labute approximate surface area is 109 Å². The second-order valence-electron chi connectivity index (χ2n) is 6.45. The first-order valence-corrected chi connectivity index (χ1v) is 6.72. The molecule has 2 aliphatic rings. The number of aliphatic hydroxyl groups excluding tert-OH is 1. The summed E-state index contributed by atoms with van der Waals surface area (Å²) in [6.07, 6.45) is 0.509. The van der Waals surface area contributed by atoms with E-state index in [9.17, 15) is 9.90 Å². The van der Waals surface area contributed by atoms with Crippen LogP contribution in [-0.4, -0.2) is 65.4 Å². The van der Waals surface area contributed by atoms with Crippen LogP contribution in [0.1, 0.15) is 27.2 Å². The summed E-state index contributed by atoms with van der Waals surface area (Å²) < 4.78 is 5.31. The third-order valence-corrected chi connectivity index (χ3v) is 3.37. The molecule has 1 atom stereocenters. The summed E-state index contributed by atoms with van der Waals surface area (Å²) >= 11 is 0. The molecular weight excluding hydrogens is 232 g/mol.